The molecule has 1 aliphatic rings. The van der Waals surface area contributed by atoms with Gasteiger partial charge in [0.25, 0.3) is 0 Å². The number of aromatic nitrogens is 2. The zero-order valence-electron chi connectivity index (χ0n) is 18.8. The third kappa shape index (κ3) is 6.70. The smallest absolute Gasteiger partial charge is 0.329 e. The Kier molecular flexibility index (Phi) is 8.17. The van der Waals surface area contributed by atoms with Crippen molar-refractivity contribution < 1.29 is 14.6 Å². The molecular weight excluding hydrogens is 414 g/mol. The van der Waals surface area contributed by atoms with E-state index in [1.165, 1.54) is 0 Å². The van der Waals surface area contributed by atoms with Crippen LogP contribution in [0.15, 0.2) is 66.9 Å². The van der Waals surface area contributed by atoms with E-state index in [4.69, 9.17) is 19.8 Å². The van der Waals surface area contributed by atoms with Crippen molar-refractivity contribution in [1.82, 2.24) is 15.3 Å². The van der Waals surface area contributed by atoms with Crippen molar-refractivity contribution in [3.05, 3.63) is 72.6 Å². The first-order valence-corrected chi connectivity index (χ1v) is 11.7. The monoisotopic (exact) mass is 445 g/mol. The fourth-order valence-electron chi connectivity index (χ4n) is 4.35. The van der Waals surface area contributed by atoms with Crippen LogP contribution in [0.4, 0.5) is 0 Å². The van der Waals surface area contributed by atoms with E-state index in [1.54, 1.807) is 0 Å². The number of carbonyl (C=O) groups is 1. The van der Waals surface area contributed by atoms with Gasteiger partial charge in [-0.2, -0.15) is 0 Å². The first-order chi connectivity index (χ1) is 16.2. The highest BCUT2D eigenvalue weighted by molar-refractivity contribution is 5.77. The second kappa shape index (κ2) is 11.7. The summed E-state index contributed by atoms with van der Waals surface area (Å²) in [5.41, 5.74) is 4.98. The molecule has 0 saturated heterocycles. The third-order valence-corrected chi connectivity index (χ3v) is 6.08. The van der Waals surface area contributed by atoms with Crippen LogP contribution in [0.25, 0.3) is 22.5 Å². The molecule has 2 aromatic carbocycles. The molecule has 2 N–H and O–H groups in total. The largest absolute Gasteiger partial charge is 0.480 e. The highest BCUT2D eigenvalue weighted by atomic mass is 16.5. The molecule has 1 aliphatic carbocycles. The molecule has 1 saturated carbocycles. The molecular formula is C27H31N3O3. The Bertz CT molecular complexity index is 1020. The van der Waals surface area contributed by atoms with Crippen molar-refractivity contribution in [2.75, 3.05) is 13.2 Å². The molecule has 1 heterocycles. The fraction of sp³-hybridized carbons (Fsp3) is 0.370. The number of carboxylic acid groups (broad SMARTS) is 1. The fourth-order valence-corrected chi connectivity index (χ4v) is 4.35. The van der Waals surface area contributed by atoms with E-state index in [9.17, 15) is 4.79 Å². The molecule has 0 spiro atoms. The lowest BCUT2D eigenvalue weighted by molar-refractivity contribution is -0.145. The Morgan fingerprint density at radius 3 is 2.21 bits per heavy atom. The maximum Gasteiger partial charge on any atom is 0.329 e. The molecule has 1 fully saturated rings. The van der Waals surface area contributed by atoms with Crippen LogP contribution in [0, 0.1) is 0 Å². The Hall–Kier alpha value is -3.09. The summed E-state index contributed by atoms with van der Waals surface area (Å²) in [6, 6.07) is 20.9. The van der Waals surface area contributed by atoms with Crippen molar-refractivity contribution in [1.29, 1.82) is 0 Å². The van der Waals surface area contributed by atoms with E-state index in [2.05, 4.69) is 29.6 Å². The molecule has 0 aliphatic heterocycles. The number of carboxylic acids is 1. The highest BCUT2D eigenvalue weighted by Gasteiger charge is 2.21. The molecule has 0 amide bonds. The van der Waals surface area contributed by atoms with Gasteiger partial charge in [0.15, 0.2) is 0 Å². The summed E-state index contributed by atoms with van der Waals surface area (Å²) in [6.45, 7) is 0.728. The lowest BCUT2D eigenvalue weighted by Gasteiger charge is -2.28. The molecule has 0 radical (unpaired) electrons. The number of aryl methyl sites for hydroxylation is 1. The average molecular weight is 446 g/mol. The lowest BCUT2D eigenvalue weighted by atomic mass is 9.93. The van der Waals surface area contributed by atoms with Gasteiger partial charge in [0.1, 0.15) is 6.61 Å². The topological polar surface area (TPSA) is 84.3 Å². The van der Waals surface area contributed by atoms with E-state index in [1.807, 2.05) is 42.6 Å². The first kappa shape index (κ1) is 23.1. The highest BCUT2D eigenvalue weighted by Crippen LogP contribution is 2.29. The Balaban J connectivity index is 1.32. The number of benzene rings is 2. The van der Waals surface area contributed by atoms with E-state index >= 15 is 0 Å². The van der Waals surface area contributed by atoms with Gasteiger partial charge >= 0.3 is 5.97 Å². The molecule has 3 aromatic rings. The predicted molar refractivity (Wildman–Crippen MR) is 129 cm³/mol. The van der Waals surface area contributed by atoms with E-state index in [-0.39, 0.29) is 12.7 Å². The summed E-state index contributed by atoms with van der Waals surface area (Å²) < 4.78 is 5.42. The predicted octanol–water partition coefficient (Wildman–Crippen LogP) is 4.75. The molecule has 6 nitrogen and oxygen atoms in total. The minimum atomic E-state index is -0.898. The number of aliphatic carboxylic acids is 1. The Morgan fingerprint density at radius 1 is 0.939 bits per heavy atom. The maximum atomic E-state index is 10.6. The molecule has 172 valence electrons. The van der Waals surface area contributed by atoms with Crippen molar-refractivity contribution in [3.8, 4) is 22.5 Å². The van der Waals surface area contributed by atoms with Gasteiger partial charge in [-0.15, -0.1) is 0 Å². The molecule has 33 heavy (non-hydrogen) atoms. The van der Waals surface area contributed by atoms with Crippen LogP contribution < -0.4 is 5.32 Å². The van der Waals surface area contributed by atoms with Gasteiger partial charge in [0.2, 0.25) is 0 Å². The normalized spacial score (nSPS) is 18.2. The maximum absolute atomic E-state index is 10.6. The SMILES string of the molecule is O=C(O)CO[C@H]1CC[C@@H](NCCCc2cnc(-c3ccccc3)c(-c3ccccc3)n2)CC1. The standard InChI is InChI=1S/C27H31N3O3/c31-25(32)19-33-24-15-13-22(14-16-24)28-17-7-12-23-18-29-26(20-8-3-1-4-9-20)27(30-23)21-10-5-2-6-11-21/h1-6,8-11,18,22,24,28H,7,12-17,19H2,(H,31,32)/t22-,24+. The summed E-state index contributed by atoms with van der Waals surface area (Å²) >= 11 is 0. The summed E-state index contributed by atoms with van der Waals surface area (Å²) in [5, 5.41) is 12.4. The molecule has 0 atom stereocenters. The summed E-state index contributed by atoms with van der Waals surface area (Å²) in [6.07, 6.45) is 7.71. The van der Waals surface area contributed by atoms with Gasteiger partial charge < -0.3 is 15.2 Å². The number of hydrogen-bond donors (Lipinski definition) is 2. The minimum absolute atomic E-state index is 0.0777. The van der Waals surface area contributed by atoms with Crippen molar-refractivity contribution >= 4 is 5.97 Å². The molecule has 6 heteroatoms. The summed E-state index contributed by atoms with van der Waals surface area (Å²) in [4.78, 5) is 20.4. The van der Waals surface area contributed by atoms with Crippen molar-refractivity contribution in [2.45, 2.75) is 50.7 Å². The van der Waals surface area contributed by atoms with Crippen LogP contribution in [0.2, 0.25) is 0 Å². The zero-order valence-corrected chi connectivity index (χ0v) is 18.8. The van der Waals surface area contributed by atoms with Gasteiger partial charge in [-0.05, 0) is 45.1 Å². The van der Waals surface area contributed by atoms with Crippen LogP contribution in [0.5, 0.6) is 0 Å². The quantitative estimate of drug-likeness (QED) is 0.438. The summed E-state index contributed by atoms with van der Waals surface area (Å²) in [5.74, 6) is -0.898. The number of rotatable bonds is 10. The zero-order chi connectivity index (χ0) is 22.9. The number of nitrogens with one attached hydrogen (secondary N) is 1. The minimum Gasteiger partial charge on any atom is -0.480 e. The van der Waals surface area contributed by atoms with Crippen LogP contribution in [-0.2, 0) is 16.0 Å². The second-order valence-corrected chi connectivity index (χ2v) is 8.53. The van der Waals surface area contributed by atoms with Gasteiger partial charge in [0.05, 0.1) is 23.2 Å². The van der Waals surface area contributed by atoms with Crippen LogP contribution in [0.3, 0.4) is 0 Å². The number of hydrogen-bond acceptors (Lipinski definition) is 5. The Labute approximate surface area is 195 Å². The van der Waals surface area contributed by atoms with Gasteiger partial charge in [-0.25, -0.2) is 9.78 Å². The third-order valence-electron chi connectivity index (χ3n) is 6.08. The molecule has 1 aromatic heterocycles. The van der Waals surface area contributed by atoms with Gasteiger partial charge in [0, 0.05) is 23.4 Å². The van der Waals surface area contributed by atoms with E-state index in [0.29, 0.717) is 6.04 Å². The number of ether oxygens (including phenoxy) is 1. The van der Waals surface area contributed by atoms with Gasteiger partial charge in [-0.1, -0.05) is 60.7 Å². The van der Waals surface area contributed by atoms with Gasteiger partial charge in [-0.3, -0.25) is 4.98 Å². The van der Waals surface area contributed by atoms with Crippen LogP contribution >= 0.6 is 0 Å². The molecule has 0 bridgehead atoms. The van der Waals surface area contributed by atoms with E-state index < -0.39 is 5.97 Å². The molecule has 0 unspecified atom stereocenters. The van der Waals surface area contributed by atoms with Crippen LogP contribution in [0.1, 0.15) is 37.8 Å². The van der Waals surface area contributed by atoms with E-state index in [0.717, 1.165) is 73.3 Å². The summed E-state index contributed by atoms with van der Waals surface area (Å²) in [7, 11) is 0. The van der Waals surface area contributed by atoms with Crippen LogP contribution in [-0.4, -0.2) is 46.3 Å². The Morgan fingerprint density at radius 2 is 1.58 bits per heavy atom. The first-order valence-electron chi connectivity index (χ1n) is 11.7. The second-order valence-electron chi connectivity index (χ2n) is 8.53. The average Bonchev–Trinajstić information content (AvgIpc) is 2.87. The molecule has 4 rings (SSSR count). The van der Waals surface area contributed by atoms with Crippen molar-refractivity contribution in [2.24, 2.45) is 0 Å². The number of nitrogens with zero attached hydrogens (tertiary/aromatic N) is 2. The van der Waals surface area contributed by atoms with Crippen molar-refractivity contribution in [3.63, 3.8) is 0 Å². The lowest BCUT2D eigenvalue weighted by Crippen LogP contribution is -2.36.